The van der Waals surface area contributed by atoms with Crippen LogP contribution >= 0.6 is 24.8 Å². The van der Waals surface area contributed by atoms with Crippen LogP contribution in [-0.4, -0.2) is 58.8 Å². The number of hydrogen-bond donors (Lipinski definition) is 2. The number of carbonyl (C=O) groups is 1. The summed E-state index contributed by atoms with van der Waals surface area (Å²) in [6.45, 7) is 6.35. The van der Waals surface area contributed by atoms with Crippen LogP contribution in [-0.2, 0) is 4.74 Å². The minimum absolute atomic E-state index is 0. The maximum absolute atomic E-state index is 12.0. The van der Waals surface area contributed by atoms with E-state index in [1.54, 1.807) is 11.6 Å². The SMILES string of the molecule is COCCNCCNC(=O)c1nc2nc(C)cc(C)n2n1.Cl.Cl. The second-order valence-electron chi connectivity index (χ2n) is 4.68. The van der Waals surface area contributed by atoms with Crippen LogP contribution < -0.4 is 10.6 Å². The molecule has 0 aliphatic rings. The van der Waals surface area contributed by atoms with Gasteiger partial charge in [0, 0.05) is 38.1 Å². The van der Waals surface area contributed by atoms with Crippen LogP contribution in [0.1, 0.15) is 22.0 Å². The average molecular weight is 365 g/mol. The van der Waals surface area contributed by atoms with E-state index < -0.39 is 0 Å². The standard InChI is InChI=1S/C13H20N6O2.2ClH/c1-9-8-10(2)19-13(16-9)17-11(18-19)12(20)15-5-4-14-6-7-21-3;;/h8,14H,4-7H2,1-3H3,(H,15,20);2*1H. The predicted octanol–water partition coefficient (Wildman–Crippen LogP) is 0.551. The van der Waals surface area contributed by atoms with E-state index in [9.17, 15) is 4.79 Å². The number of amides is 1. The first kappa shape index (κ1) is 21.5. The fourth-order valence-corrected chi connectivity index (χ4v) is 1.91. The van der Waals surface area contributed by atoms with E-state index in [4.69, 9.17) is 4.74 Å². The van der Waals surface area contributed by atoms with Crippen molar-refractivity contribution in [1.29, 1.82) is 0 Å². The quantitative estimate of drug-likeness (QED) is 0.696. The zero-order chi connectivity index (χ0) is 15.2. The van der Waals surface area contributed by atoms with Crippen LogP contribution in [0.2, 0.25) is 0 Å². The molecule has 0 aromatic carbocycles. The van der Waals surface area contributed by atoms with Crippen LogP contribution in [0.5, 0.6) is 0 Å². The van der Waals surface area contributed by atoms with Crippen LogP contribution in [0.3, 0.4) is 0 Å². The monoisotopic (exact) mass is 364 g/mol. The molecule has 0 atom stereocenters. The van der Waals surface area contributed by atoms with E-state index >= 15 is 0 Å². The second-order valence-corrected chi connectivity index (χ2v) is 4.68. The maximum Gasteiger partial charge on any atom is 0.291 e. The molecule has 0 aliphatic carbocycles. The summed E-state index contributed by atoms with van der Waals surface area (Å²) in [5.41, 5.74) is 1.74. The number of methoxy groups -OCH3 is 1. The van der Waals surface area contributed by atoms with Gasteiger partial charge >= 0.3 is 0 Å². The average Bonchev–Trinajstić information content (AvgIpc) is 2.86. The topological polar surface area (TPSA) is 93.4 Å². The lowest BCUT2D eigenvalue weighted by atomic mass is 10.4. The lowest BCUT2D eigenvalue weighted by molar-refractivity contribution is 0.0943. The van der Waals surface area contributed by atoms with Crippen molar-refractivity contribution in [2.24, 2.45) is 0 Å². The summed E-state index contributed by atoms with van der Waals surface area (Å²) in [4.78, 5) is 20.4. The molecule has 2 heterocycles. The molecule has 0 aliphatic heterocycles. The predicted molar refractivity (Wildman–Crippen MR) is 91.8 cm³/mol. The molecule has 0 spiro atoms. The summed E-state index contributed by atoms with van der Waals surface area (Å²) < 4.78 is 6.48. The van der Waals surface area contributed by atoms with Crippen molar-refractivity contribution < 1.29 is 9.53 Å². The summed E-state index contributed by atoms with van der Waals surface area (Å²) in [7, 11) is 1.65. The number of aromatic nitrogens is 4. The van der Waals surface area contributed by atoms with Crippen molar-refractivity contribution in [2.75, 3.05) is 33.4 Å². The van der Waals surface area contributed by atoms with E-state index in [0.717, 1.165) is 17.9 Å². The molecule has 130 valence electrons. The highest BCUT2D eigenvalue weighted by atomic mass is 35.5. The number of carbonyl (C=O) groups excluding carboxylic acids is 1. The van der Waals surface area contributed by atoms with Crippen LogP contribution in [0.15, 0.2) is 6.07 Å². The Balaban J connectivity index is 0.00000242. The molecule has 1 amide bonds. The fraction of sp³-hybridized carbons (Fsp3) is 0.538. The highest BCUT2D eigenvalue weighted by Crippen LogP contribution is 2.05. The zero-order valence-corrected chi connectivity index (χ0v) is 15.0. The van der Waals surface area contributed by atoms with Crippen molar-refractivity contribution in [3.63, 3.8) is 0 Å². The van der Waals surface area contributed by atoms with Crippen molar-refractivity contribution >= 4 is 36.5 Å². The summed E-state index contributed by atoms with van der Waals surface area (Å²) in [6.07, 6.45) is 0. The van der Waals surface area contributed by atoms with E-state index in [2.05, 4.69) is 25.7 Å². The number of nitrogens with one attached hydrogen (secondary N) is 2. The Bertz CT molecular complexity index is 634. The highest BCUT2D eigenvalue weighted by Gasteiger charge is 2.14. The molecular weight excluding hydrogens is 343 g/mol. The Labute approximate surface area is 147 Å². The van der Waals surface area contributed by atoms with Crippen molar-refractivity contribution in [3.8, 4) is 0 Å². The molecule has 0 radical (unpaired) electrons. The lowest BCUT2D eigenvalue weighted by Crippen LogP contribution is -2.33. The van der Waals surface area contributed by atoms with E-state index in [-0.39, 0.29) is 36.5 Å². The molecule has 2 N–H and O–H groups in total. The van der Waals surface area contributed by atoms with Gasteiger partial charge in [0.15, 0.2) is 0 Å². The normalized spacial score (nSPS) is 10.0. The number of aryl methyl sites for hydroxylation is 2. The third kappa shape index (κ3) is 5.91. The van der Waals surface area contributed by atoms with Crippen molar-refractivity contribution in [1.82, 2.24) is 30.2 Å². The third-order valence-electron chi connectivity index (χ3n) is 2.89. The number of halogens is 2. The molecule has 2 rings (SSSR count). The minimum Gasteiger partial charge on any atom is -0.383 e. The van der Waals surface area contributed by atoms with E-state index in [0.29, 0.717) is 25.5 Å². The molecule has 0 fully saturated rings. The summed E-state index contributed by atoms with van der Waals surface area (Å²) >= 11 is 0. The molecular formula is C13H22Cl2N6O2. The van der Waals surface area contributed by atoms with Gasteiger partial charge in [-0.15, -0.1) is 29.9 Å². The van der Waals surface area contributed by atoms with Crippen LogP contribution in [0, 0.1) is 13.8 Å². The van der Waals surface area contributed by atoms with Gasteiger partial charge in [0.1, 0.15) is 0 Å². The molecule has 2 aromatic heterocycles. The van der Waals surface area contributed by atoms with Gasteiger partial charge in [-0.1, -0.05) is 0 Å². The Morgan fingerprint density at radius 2 is 1.96 bits per heavy atom. The van der Waals surface area contributed by atoms with Gasteiger partial charge in [-0.05, 0) is 19.9 Å². The smallest absolute Gasteiger partial charge is 0.291 e. The number of nitrogens with zero attached hydrogens (tertiary/aromatic N) is 4. The van der Waals surface area contributed by atoms with Crippen LogP contribution in [0.4, 0.5) is 0 Å². The van der Waals surface area contributed by atoms with Gasteiger partial charge in [-0.2, -0.15) is 4.98 Å². The molecule has 2 aromatic rings. The lowest BCUT2D eigenvalue weighted by Gasteiger charge is -2.04. The van der Waals surface area contributed by atoms with E-state index in [1.165, 1.54) is 0 Å². The molecule has 10 heteroatoms. The first-order valence-electron chi connectivity index (χ1n) is 6.80. The van der Waals surface area contributed by atoms with Gasteiger partial charge in [0.05, 0.1) is 6.61 Å². The Morgan fingerprint density at radius 1 is 1.22 bits per heavy atom. The van der Waals surface area contributed by atoms with Gasteiger partial charge in [0.25, 0.3) is 11.7 Å². The van der Waals surface area contributed by atoms with Crippen molar-refractivity contribution in [2.45, 2.75) is 13.8 Å². The largest absolute Gasteiger partial charge is 0.383 e. The Hall–Kier alpha value is -1.48. The van der Waals surface area contributed by atoms with Gasteiger partial charge in [-0.25, -0.2) is 9.50 Å². The Morgan fingerprint density at radius 3 is 2.65 bits per heavy atom. The number of hydrogen-bond acceptors (Lipinski definition) is 6. The van der Waals surface area contributed by atoms with Gasteiger partial charge in [0.2, 0.25) is 5.82 Å². The maximum atomic E-state index is 12.0. The number of ether oxygens (including phenoxy) is 1. The third-order valence-corrected chi connectivity index (χ3v) is 2.89. The molecule has 0 bridgehead atoms. The van der Waals surface area contributed by atoms with Crippen molar-refractivity contribution in [3.05, 3.63) is 23.3 Å². The minimum atomic E-state index is -0.300. The van der Waals surface area contributed by atoms with Gasteiger partial charge in [-0.3, -0.25) is 4.79 Å². The fourth-order valence-electron chi connectivity index (χ4n) is 1.91. The highest BCUT2D eigenvalue weighted by molar-refractivity contribution is 5.90. The summed E-state index contributed by atoms with van der Waals surface area (Å²) in [5, 5.41) is 10.1. The van der Waals surface area contributed by atoms with Crippen LogP contribution in [0.25, 0.3) is 5.78 Å². The zero-order valence-electron chi connectivity index (χ0n) is 13.3. The first-order chi connectivity index (χ1) is 10.1. The first-order valence-corrected chi connectivity index (χ1v) is 6.80. The second kappa shape index (κ2) is 10.3. The summed E-state index contributed by atoms with van der Waals surface area (Å²) in [5.74, 6) is 0.273. The Kier molecular flexibility index (Phi) is 9.66. The van der Waals surface area contributed by atoms with Gasteiger partial charge < -0.3 is 15.4 Å². The number of rotatable bonds is 7. The van der Waals surface area contributed by atoms with E-state index in [1.807, 2.05) is 19.9 Å². The number of fused-ring (bicyclic) bond motifs is 1. The molecule has 23 heavy (non-hydrogen) atoms. The molecule has 0 saturated carbocycles. The molecule has 8 nitrogen and oxygen atoms in total. The molecule has 0 saturated heterocycles. The summed E-state index contributed by atoms with van der Waals surface area (Å²) in [6, 6.07) is 1.89. The molecule has 0 unspecified atom stereocenters.